The van der Waals surface area contributed by atoms with Gasteiger partial charge in [0.1, 0.15) is 5.75 Å². The van der Waals surface area contributed by atoms with Crippen molar-refractivity contribution in [1.82, 2.24) is 5.32 Å². The maximum atomic E-state index is 13.0. The first-order valence-electron chi connectivity index (χ1n) is 5.97. The summed E-state index contributed by atoms with van der Waals surface area (Å²) in [6.45, 7) is 1.07. The second-order valence-corrected chi connectivity index (χ2v) is 4.16. The molecular formula is C15H15F2NO. The number of methoxy groups -OCH3 is 1. The molecule has 0 amide bonds. The zero-order valence-electron chi connectivity index (χ0n) is 10.6. The van der Waals surface area contributed by atoms with Crippen molar-refractivity contribution in [3.05, 3.63) is 65.2 Å². The number of benzene rings is 2. The number of hydrogen-bond donors (Lipinski definition) is 1. The molecule has 2 aromatic rings. The molecule has 0 aliphatic carbocycles. The summed E-state index contributed by atoms with van der Waals surface area (Å²) < 4.78 is 31.0. The van der Waals surface area contributed by atoms with E-state index in [4.69, 9.17) is 4.74 Å². The molecule has 2 nitrogen and oxygen atoms in total. The molecule has 0 aliphatic rings. The predicted octanol–water partition coefficient (Wildman–Crippen LogP) is 3.26. The molecule has 0 unspecified atom stereocenters. The lowest BCUT2D eigenvalue weighted by atomic mass is 10.2. The lowest BCUT2D eigenvalue weighted by Gasteiger charge is -2.09. The molecule has 19 heavy (non-hydrogen) atoms. The molecule has 0 radical (unpaired) electrons. The van der Waals surface area contributed by atoms with E-state index in [0.29, 0.717) is 18.7 Å². The van der Waals surface area contributed by atoms with E-state index in [1.54, 1.807) is 13.2 Å². The molecule has 100 valence electrons. The molecule has 0 saturated heterocycles. The zero-order valence-corrected chi connectivity index (χ0v) is 10.6. The summed E-state index contributed by atoms with van der Waals surface area (Å²) >= 11 is 0. The number of halogens is 2. The topological polar surface area (TPSA) is 21.3 Å². The van der Waals surface area contributed by atoms with Gasteiger partial charge in [0.05, 0.1) is 7.11 Å². The van der Waals surface area contributed by atoms with E-state index in [1.807, 2.05) is 24.3 Å². The van der Waals surface area contributed by atoms with Gasteiger partial charge in [-0.3, -0.25) is 0 Å². The average molecular weight is 263 g/mol. The molecule has 0 aromatic heterocycles. The predicted molar refractivity (Wildman–Crippen MR) is 69.9 cm³/mol. The molecule has 1 N–H and O–H groups in total. The first kappa shape index (κ1) is 13.5. The summed E-state index contributed by atoms with van der Waals surface area (Å²) in [6, 6.07) is 11.6. The van der Waals surface area contributed by atoms with Crippen LogP contribution in [-0.4, -0.2) is 7.11 Å². The Kier molecular flexibility index (Phi) is 4.47. The van der Waals surface area contributed by atoms with Gasteiger partial charge in [-0.25, -0.2) is 8.78 Å². The second kappa shape index (κ2) is 6.29. The third-order valence-electron chi connectivity index (χ3n) is 2.82. The highest BCUT2D eigenvalue weighted by Crippen LogP contribution is 2.17. The van der Waals surface area contributed by atoms with Crippen molar-refractivity contribution in [1.29, 1.82) is 0 Å². The summed E-state index contributed by atoms with van der Waals surface area (Å²) in [5.74, 6) is -0.842. The first-order valence-corrected chi connectivity index (χ1v) is 5.97. The lowest BCUT2D eigenvalue weighted by molar-refractivity contribution is 0.407. The quantitative estimate of drug-likeness (QED) is 0.894. The number of para-hydroxylation sites is 1. The first-order chi connectivity index (χ1) is 9.20. The smallest absolute Gasteiger partial charge is 0.159 e. The van der Waals surface area contributed by atoms with Crippen LogP contribution in [0, 0.1) is 11.6 Å². The van der Waals surface area contributed by atoms with E-state index in [-0.39, 0.29) is 0 Å². The van der Waals surface area contributed by atoms with Gasteiger partial charge in [-0.1, -0.05) is 24.3 Å². The third-order valence-corrected chi connectivity index (χ3v) is 2.82. The van der Waals surface area contributed by atoms with Crippen LogP contribution in [0.15, 0.2) is 42.5 Å². The van der Waals surface area contributed by atoms with Crippen LogP contribution in [0.4, 0.5) is 8.78 Å². The normalized spacial score (nSPS) is 10.5. The number of ether oxygens (including phenoxy) is 1. The van der Waals surface area contributed by atoms with Crippen LogP contribution in [0.2, 0.25) is 0 Å². The molecule has 4 heteroatoms. The van der Waals surface area contributed by atoms with Gasteiger partial charge in [0.15, 0.2) is 11.6 Å². The summed E-state index contributed by atoms with van der Waals surface area (Å²) in [5, 5.41) is 3.17. The Bertz CT molecular complexity index is 558. The van der Waals surface area contributed by atoms with Crippen LogP contribution in [0.25, 0.3) is 0 Å². The molecule has 0 aliphatic heterocycles. The van der Waals surface area contributed by atoms with Gasteiger partial charge in [0, 0.05) is 18.7 Å². The van der Waals surface area contributed by atoms with Crippen molar-refractivity contribution in [2.75, 3.05) is 7.11 Å². The highest BCUT2D eigenvalue weighted by atomic mass is 19.2. The van der Waals surface area contributed by atoms with Gasteiger partial charge < -0.3 is 10.1 Å². The fourth-order valence-electron chi connectivity index (χ4n) is 1.84. The molecule has 0 heterocycles. The van der Waals surface area contributed by atoms with Crippen LogP contribution >= 0.6 is 0 Å². The minimum Gasteiger partial charge on any atom is -0.496 e. The fourth-order valence-corrected chi connectivity index (χ4v) is 1.84. The van der Waals surface area contributed by atoms with Crippen molar-refractivity contribution in [2.45, 2.75) is 13.1 Å². The van der Waals surface area contributed by atoms with Crippen molar-refractivity contribution >= 4 is 0 Å². The highest BCUT2D eigenvalue weighted by molar-refractivity contribution is 5.33. The van der Waals surface area contributed by atoms with E-state index in [2.05, 4.69) is 5.32 Å². The molecule has 2 rings (SSSR count). The third kappa shape index (κ3) is 3.51. The van der Waals surface area contributed by atoms with E-state index in [1.165, 1.54) is 6.07 Å². The Morgan fingerprint density at radius 3 is 2.53 bits per heavy atom. The van der Waals surface area contributed by atoms with E-state index in [0.717, 1.165) is 17.4 Å². The maximum absolute atomic E-state index is 13.0. The van der Waals surface area contributed by atoms with E-state index in [9.17, 15) is 8.78 Å². The molecule has 2 aromatic carbocycles. The number of nitrogens with one attached hydrogen (secondary N) is 1. The summed E-state index contributed by atoms with van der Waals surface area (Å²) in [4.78, 5) is 0. The average Bonchev–Trinajstić information content (AvgIpc) is 2.43. The van der Waals surface area contributed by atoms with Crippen molar-refractivity contribution in [2.24, 2.45) is 0 Å². The Balaban J connectivity index is 1.94. The Labute approximate surface area is 111 Å². The number of rotatable bonds is 5. The maximum Gasteiger partial charge on any atom is 0.159 e. The largest absolute Gasteiger partial charge is 0.496 e. The summed E-state index contributed by atoms with van der Waals surface area (Å²) in [5.41, 5.74) is 1.72. The monoisotopic (exact) mass is 263 g/mol. The molecular weight excluding hydrogens is 248 g/mol. The van der Waals surface area contributed by atoms with Crippen molar-refractivity contribution in [3.63, 3.8) is 0 Å². The molecule has 0 bridgehead atoms. The van der Waals surface area contributed by atoms with Crippen molar-refractivity contribution < 1.29 is 13.5 Å². The van der Waals surface area contributed by atoms with Crippen LogP contribution in [-0.2, 0) is 13.1 Å². The van der Waals surface area contributed by atoms with E-state index < -0.39 is 11.6 Å². The van der Waals surface area contributed by atoms with Gasteiger partial charge in [0.25, 0.3) is 0 Å². The van der Waals surface area contributed by atoms with Crippen molar-refractivity contribution in [3.8, 4) is 5.75 Å². The molecule has 0 fully saturated rings. The minimum atomic E-state index is -0.825. The molecule has 0 atom stereocenters. The van der Waals surface area contributed by atoms with E-state index >= 15 is 0 Å². The standard InChI is InChI=1S/C15H15F2NO/c1-19-15-5-3-2-4-12(15)10-18-9-11-6-7-13(16)14(17)8-11/h2-8,18H,9-10H2,1H3. The SMILES string of the molecule is COc1ccccc1CNCc1ccc(F)c(F)c1. The Morgan fingerprint density at radius 2 is 1.79 bits per heavy atom. The van der Waals surface area contributed by atoms with Crippen LogP contribution in [0.1, 0.15) is 11.1 Å². The molecule has 0 spiro atoms. The summed E-state index contributed by atoms with van der Waals surface area (Å²) in [6.07, 6.45) is 0. The second-order valence-electron chi connectivity index (χ2n) is 4.16. The fraction of sp³-hybridized carbons (Fsp3) is 0.200. The summed E-state index contributed by atoms with van der Waals surface area (Å²) in [7, 11) is 1.62. The van der Waals surface area contributed by atoms with Crippen LogP contribution in [0.3, 0.4) is 0 Å². The van der Waals surface area contributed by atoms with Crippen LogP contribution in [0.5, 0.6) is 5.75 Å². The van der Waals surface area contributed by atoms with Gasteiger partial charge in [-0.15, -0.1) is 0 Å². The van der Waals surface area contributed by atoms with Gasteiger partial charge in [-0.2, -0.15) is 0 Å². The van der Waals surface area contributed by atoms with Gasteiger partial charge in [-0.05, 0) is 23.8 Å². The van der Waals surface area contributed by atoms with Crippen LogP contribution < -0.4 is 10.1 Å². The van der Waals surface area contributed by atoms with Gasteiger partial charge >= 0.3 is 0 Å². The lowest BCUT2D eigenvalue weighted by Crippen LogP contribution is -2.13. The molecule has 0 saturated carbocycles. The minimum absolute atomic E-state index is 0.468. The zero-order chi connectivity index (χ0) is 13.7. The Hall–Kier alpha value is -1.94. The Morgan fingerprint density at radius 1 is 1.00 bits per heavy atom. The highest BCUT2D eigenvalue weighted by Gasteiger charge is 2.03. The van der Waals surface area contributed by atoms with Gasteiger partial charge in [0.2, 0.25) is 0 Å². The number of hydrogen-bond acceptors (Lipinski definition) is 2.